The monoisotopic (exact) mass is 378 g/mol. The van der Waals surface area contributed by atoms with Crippen LogP contribution in [0.25, 0.3) is 0 Å². The molecule has 1 fully saturated rings. The molecule has 0 unspecified atom stereocenters. The van der Waals surface area contributed by atoms with E-state index in [-0.39, 0.29) is 23.1 Å². The van der Waals surface area contributed by atoms with Crippen LogP contribution >= 0.6 is 0 Å². The van der Waals surface area contributed by atoms with Crippen LogP contribution in [-0.4, -0.2) is 80.8 Å². The molecule has 1 aliphatic rings. The van der Waals surface area contributed by atoms with Crippen molar-refractivity contribution in [1.82, 2.24) is 10.2 Å². The minimum atomic E-state index is -1.09. The van der Waals surface area contributed by atoms with Crippen LogP contribution in [0.4, 0.5) is 11.4 Å². The Morgan fingerprint density at radius 1 is 1.19 bits per heavy atom. The summed E-state index contributed by atoms with van der Waals surface area (Å²) in [4.78, 5) is 38.7. The molecule has 0 spiro atoms. The van der Waals surface area contributed by atoms with Crippen LogP contribution < -0.4 is 15.5 Å². The minimum absolute atomic E-state index is 0.0340. The predicted molar refractivity (Wildman–Crippen MR) is 101 cm³/mol. The molecule has 1 aliphatic heterocycles. The quantitative estimate of drug-likeness (QED) is 0.555. The van der Waals surface area contributed by atoms with E-state index in [0.29, 0.717) is 45.9 Å². The number of carbonyl (C=O) groups is 3. The van der Waals surface area contributed by atoms with Crippen LogP contribution in [0.1, 0.15) is 17.3 Å². The van der Waals surface area contributed by atoms with Gasteiger partial charge >= 0.3 is 5.97 Å². The molecule has 0 atom stereocenters. The maximum absolute atomic E-state index is 11.9. The Hall–Kier alpha value is -2.65. The van der Waals surface area contributed by atoms with Gasteiger partial charge in [-0.05, 0) is 18.2 Å². The Balaban J connectivity index is 1.93. The summed E-state index contributed by atoms with van der Waals surface area (Å²) in [6.07, 6.45) is 0. The Morgan fingerprint density at radius 2 is 1.89 bits per heavy atom. The van der Waals surface area contributed by atoms with Gasteiger partial charge in [-0.2, -0.15) is 0 Å². The lowest BCUT2D eigenvalue weighted by Crippen LogP contribution is -2.49. The van der Waals surface area contributed by atoms with E-state index >= 15 is 0 Å². The fourth-order valence-corrected chi connectivity index (χ4v) is 2.92. The maximum atomic E-state index is 11.9. The van der Waals surface area contributed by atoms with Crippen LogP contribution in [0, 0.1) is 0 Å². The number of hydrogen-bond acceptors (Lipinski definition) is 6. The largest absolute Gasteiger partial charge is 0.478 e. The van der Waals surface area contributed by atoms with Crippen molar-refractivity contribution in [3.8, 4) is 0 Å². The van der Waals surface area contributed by atoms with E-state index in [1.165, 1.54) is 6.92 Å². The lowest BCUT2D eigenvalue weighted by molar-refractivity contribution is -0.122. The number of aromatic carboxylic acids is 1. The number of piperazine rings is 1. The lowest BCUT2D eigenvalue weighted by Gasteiger charge is -2.36. The second-order valence-corrected chi connectivity index (χ2v) is 6.32. The first kappa shape index (κ1) is 20.7. The molecule has 1 saturated heterocycles. The number of amides is 2. The van der Waals surface area contributed by atoms with Crippen molar-refractivity contribution in [2.75, 3.05) is 63.2 Å². The number of ether oxygens (including phenoxy) is 1. The summed E-state index contributed by atoms with van der Waals surface area (Å²) < 4.78 is 4.90. The summed E-state index contributed by atoms with van der Waals surface area (Å²) >= 11 is 0. The zero-order valence-corrected chi connectivity index (χ0v) is 15.7. The van der Waals surface area contributed by atoms with Crippen molar-refractivity contribution in [3.05, 3.63) is 23.8 Å². The van der Waals surface area contributed by atoms with E-state index in [2.05, 4.69) is 20.4 Å². The second kappa shape index (κ2) is 9.89. The molecule has 3 N–H and O–H groups in total. The Labute approximate surface area is 158 Å². The van der Waals surface area contributed by atoms with Crippen molar-refractivity contribution in [3.63, 3.8) is 0 Å². The van der Waals surface area contributed by atoms with Crippen LogP contribution in [0.3, 0.4) is 0 Å². The van der Waals surface area contributed by atoms with Gasteiger partial charge in [-0.15, -0.1) is 0 Å². The molecule has 0 bridgehead atoms. The summed E-state index contributed by atoms with van der Waals surface area (Å²) in [6, 6.07) is 4.97. The van der Waals surface area contributed by atoms with Gasteiger partial charge in [-0.1, -0.05) is 0 Å². The van der Waals surface area contributed by atoms with Crippen LogP contribution in [0.15, 0.2) is 18.2 Å². The third-order valence-electron chi connectivity index (χ3n) is 4.28. The van der Waals surface area contributed by atoms with Crippen molar-refractivity contribution in [2.45, 2.75) is 6.92 Å². The number of rotatable bonds is 8. The van der Waals surface area contributed by atoms with E-state index in [9.17, 15) is 19.5 Å². The number of carboxylic acid groups (broad SMARTS) is 1. The standard InChI is InChI=1S/C18H26N4O5/c1-13(23)20-16-4-3-14(11-15(16)18(25)26)22-8-6-21(7-9-22)12-17(24)19-5-10-27-2/h3-4,11H,5-10,12H2,1-2H3,(H,19,24)(H,20,23)(H,25,26). The minimum Gasteiger partial charge on any atom is -0.478 e. The number of anilines is 2. The van der Waals surface area contributed by atoms with Crippen LogP contribution in [-0.2, 0) is 14.3 Å². The van der Waals surface area contributed by atoms with Gasteiger partial charge in [0, 0.05) is 52.4 Å². The Bertz CT molecular complexity index is 686. The first-order valence-corrected chi connectivity index (χ1v) is 8.78. The average Bonchev–Trinajstić information content (AvgIpc) is 2.62. The zero-order valence-electron chi connectivity index (χ0n) is 15.7. The fraction of sp³-hybridized carbons (Fsp3) is 0.500. The molecule has 0 radical (unpaired) electrons. The summed E-state index contributed by atoms with van der Waals surface area (Å²) in [7, 11) is 1.59. The second-order valence-electron chi connectivity index (χ2n) is 6.32. The highest BCUT2D eigenvalue weighted by atomic mass is 16.5. The number of nitrogens with one attached hydrogen (secondary N) is 2. The Kier molecular flexibility index (Phi) is 7.56. The van der Waals surface area contributed by atoms with E-state index in [1.807, 2.05) is 0 Å². The van der Waals surface area contributed by atoms with E-state index in [1.54, 1.807) is 25.3 Å². The third-order valence-corrected chi connectivity index (χ3v) is 4.28. The number of benzene rings is 1. The summed E-state index contributed by atoms with van der Waals surface area (Å²) in [5.74, 6) is -1.44. The normalized spacial score (nSPS) is 14.7. The molecule has 1 aromatic rings. The number of nitrogens with zero attached hydrogens (tertiary/aromatic N) is 2. The van der Waals surface area contributed by atoms with E-state index in [4.69, 9.17) is 4.74 Å². The molecule has 0 aliphatic carbocycles. The van der Waals surface area contributed by atoms with Gasteiger partial charge in [0.15, 0.2) is 0 Å². The smallest absolute Gasteiger partial charge is 0.337 e. The van der Waals surface area contributed by atoms with Gasteiger partial charge in [0.05, 0.1) is 24.4 Å². The molecule has 0 aromatic heterocycles. The molecule has 1 heterocycles. The molecule has 148 valence electrons. The van der Waals surface area contributed by atoms with Crippen LogP contribution in [0.5, 0.6) is 0 Å². The van der Waals surface area contributed by atoms with Crippen molar-refractivity contribution in [2.24, 2.45) is 0 Å². The van der Waals surface area contributed by atoms with Crippen LogP contribution in [0.2, 0.25) is 0 Å². The van der Waals surface area contributed by atoms with Gasteiger partial charge in [0.25, 0.3) is 0 Å². The number of carbonyl (C=O) groups excluding carboxylic acids is 2. The fourth-order valence-electron chi connectivity index (χ4n) is 2.92. The molecule has 2 amide bonds. The highest BCUT2D eigenvalue weighted by molar-refractivity contribution is 6.00. The molecule has 27 heavy (non-hydrogen) atoms. The molecule has 9 nitrogen and oxygen atoms in total. The average molecular weight is 378 g/mol. The van der Waals surface area contributed by atoms with Crippen molar-refractivity contribution in [1.29, 1.82) is 0 Å². The number of methoxy groups -OCH3 is 1. The van der Waals surface area contributed by atoms with E-state index in [0.717, 1.165) is 5.69 Å². The molecular formula is C18H26N4O5. The van der Waals surface area contributed by atoms with Gasteiger partial charge in [0.1, 0.15) is 0 Å². The van der Waals surface area contributed by atoms with Gasteiger partial charge in [0.2, 0.25) is 11.8 Å². The number of carboxylic acids is 1. The highest BCUT2D eigenvalue weighted by Gasteiger charge is 2.21. The molecule has 9 heteroatoms. The first-order chi connectivity index (χ1) is 12.9. The number of hydrogen-bond donors (Lipinski definition) is 3. The summed E-state index contributed by atoms with van der Waals surface area (Å²) in [5, 5.41) is 14.7. The third kappa shape index (κ3) is 6.22. The maximum Gasteiger partial charge on any atom is 0.337 e. The predicted octanol–water partition coefficient (Wildman–Crippen LogP) is 0.228. The molecule has 2 rings (SSSR count). The zero-order chi connectivity index (χ0) is 19.8. The molecule has 1 aromatic carbocycles. The van der Waals surface area contributed by atoms with E-state index < -0.39 is 5.97 Å². The van der Waals surface area contributed by atoms with Crippen molar-refractivity contribution >= 4 is 29.2 Å². The SMILES string of the molecule is COCCNC(=O)CN1CCN(c2ccc(NC(C)=O)c(C(=O)O)c2)CC1. The summed E-state index contributed by atoms with van der Waals surface area (Å²) in [6.45, 7) is 5.42. The molecule has 0 saturated carbocycles. The van der Waals surface area contributed by atoms with Crippen molar-refractivity contribution < 1.29 is 24.2 Å². The first-order valence-electron chi connectivity index (χ1n) is 8.78. The van der Waals surface area contributed by atoms with Gasteiger partial charge < -0.3 is 25.4 Å². The molecular weight excluding hydrogens is 352 g/mol. The highest BCUT2D eigenvalue weighted by Crippen LogP contribution is 2.24. The topological polar surface area (TPSA) is 111 Å². The van der Waals surface area contributed by atoms with Gasteiger partial charge in [-0.3, -0.25) is 14.5 Å². The van der Waals surface area contributed by atoms with Gasteiger partial charge in [-0.25, -0.2) is 4.79 Å². The Morgan fingerprint density at radius 3 is 2.48 bits per heavy atom. The summed E-state index contributed by atoms with van der Waals surface area (Å²) in [5.41, 5.74) is 1.12. The lowest BCUT2D eigenvalue weighted by atomic mass is 10.1.